The lowest BCUT2D eigenvalue weighted by atomic mass is 10.0. The van der Waals surface area contributed by atoms with Gasteiger partial charge in [-0.15, -0.1) is 0 Å². The van der Waals surface area contributed by atoms with Crippen LogP contribution in [0.2, 0.25) is 0 Å². The molecule has 0 aliphatic carbocycles. The number of likely N-dealkylation sites (N-methyl/N-ethyl adjacent to an activating group) is 1. The Morgan fingerprint density at radius 1 is 1.26 bits per heavy atom. The fourth-order valence-corrected chi connectivity index (χ4v) is 2.97. The lowest BCUT2D eigenvalue weighted by molar-refractivity contribution is 0.170. The average Bonchev–Trinajstić information content (AvgIpc) is 2.34. The van der Waals surface area contributed by atoms with Gasteiger partial charge in [0, 0.05) is 54.4 Å². The van der Waals surface area contributed by atoms with E-state index in [9.17, 15) is 0 Å². The van der Waals surface area contributed by atoms with E-state index in [1.807, 2.05) is 0 Å². The molecular formula is C15H26N4. The minimum Gasteiger partial charge on any atom is -0.368 e. The van der Waals surface area contributed by atoms with Crippen LogP contribution in [-0.2, 0) is 6.54 Å². The number of hydrogen-bond acceptors (Lipinski definition) is 4. The molecule has 4 nitrogen and oxygen atoms in total. The molecule has 0 amide bonds. The van der Waals surface area contributed by atoms with Crippen molar-refractivity contribution in [2.24, 2.45) is 5.73 Å². The third-order valence-corrected chi connectivity index (χ3v) is 4.34. The van der Waals surface area contributed by atoms with Gasteiger partial charge in [-0.05, 0) is 40.8 Å². The van der Waals surface area contributed by atoms with Crippen LogP contribution in [-0.4, -0.2) is 42.1 Å². The predicted molar refractivity (Wildman–Crippen MR) is 80.5 cm³/mol. The first-order chi connectivity index (χ1) is 8.93. The van der Waals surface area contributed by atoms with Gasteiger partial charge in [0.1, 0.15) is 0 Å². The molecular weight excluding hydrogens is 236 g/mol. The van der Waals surface area contributed by atoms with Gasteiger partial charge in [0.2, 0.25) is 0 Å². The van der Waals surface area contributed by atoms with Gasteiger partial charge in [0.25, 0.3) is 0 Å². The molecule has 0 bridgehead atoms. The highest BCUT2D eigenvalue weighted by Gasteiger charge is 2.28. The van der Waals surface area contributed by atoms with E-state index in [1.54, 1.807) is 0 Å². The van der Waals surface area contributed by atoms with Gasteiger partial charge in [0.15, 0.2) is 0 Å². The third-order valence-electron chi connectivity index (χ3n) is 4.34. The smallest absolute Gasteiger partial charge is 0.0449 e. The Morgan fingerprint density at radius 2 is 1.84 bits per heavy atom. The number of piperazine rings is 1. The van der Waals surface area contributed by atoms with E-state index < -0.39 is 0 Å². The van der Waals surface area contributed by atoms with Crippen molar-refractivity contribution in [1.29, 1.82) is 0 Å². The molecule has 4 heteroatoms. The fourth-order valence-electron chi connectivity index (χ4n) is 2.97. The van der Waals surface area contributed by atoms with Crippen LogP contribution < -0.4 is 10.6 Å². The zero-order valence-corrected chi connectivity index (χ0v) is 12.8. The molecule has 1 aliphatic heterocycles. The Morgan fingerprint density at radius 3 is 2.37 bits per heavy atom. The molecule has 2 N–H and O–H groups in total. The summed E-state index contributed by atoms with van der Waals surface area (Å²) in [5, 5.41) is 0. The van der Waals surface area contributed by atoms with Crippen LogP contribution in [0.1, 0.15) is 30.8 Å². The average molecular weight is 262 g/mol. The Balaban J connectivity index is 2.36. The number of rotatable bonds is 2. The Kier molecular flexibility index (Phi) is 4.11. The summed E-state index contributed by atoms with van der Waals surface area (Å²) in [6.45, 7) is 11.3. The summed E-state index contributed by atoms with van der Waals surface area (Å²) in [6, 6.07) is 3.30. The summed E-state index contributed by atoms with van der Waals surface area (Å²) in [7, 11) is 2.21. The highest BCUT2D eigenvalue weighted by Crippen LogP contribution is 2.27. The normalized spacial score (nSPS) is 24.8. The van der Waals surface area contributed by atoms with Gasteiger partial charge in [-0.2, -0.15) is 0 Å². The van der Waals surface area contributed by atoms with Crippen LogP contribution in [0.4, 0.5) is 5.69 Å². The number of aromatic nitrogens is 1. The highest BCUT2D eigenvalue weighted by molar-refractivity contribution is 5.56. The van der Waals surface area contributed by atoms with E-state index in [0.29, 0.717) is 18.6 Å². The van der Waals surface area contributed by atoms with Crippen molar-refractivity contribution in [2.45, 2.75) is 46.3 Å². The van der Waals surface area contributed by atoms with E-state index in [4.69, 9.17) is 5.73 Å². The standard InChI is InChI=1S/C15H26N4/c1-10-6-15(14(7-16)13(4)17-10)19-8-11(2)18(5)12(3)9-19/h6,11-12H,7-9,16H2,1-5H3. The van der Waals surface area contributed by atoms with E-state index in [1.165, 1.54) is 11.3 Å². The first-order valence-electron chi connectivity index (χ1n) is 7.08. The maximum atomic E-state index is 5.93. The molecule has 1 saturated heterocycles. The second-order valence-electron chi connectivity index (χ2n) is 5.82. The Bertz CT molecular complexity index is 446. The minimum absolute atomic E-state index is 0.558. The van der Waals surface area contributed by atoms with Crippen LogP contribution in [0.25, 0.3) is 0 Å². The molecule has 1 aliphatic rings. The van der Waals surface area contributed by atoms with Crippen molar-refractivity contribution in [3.8, 4) is 0 Å². The molecule has 2 unspecified atom stereocenters. The van der Waals surface area contributed by atoms with Crippen LogP contribution in [0.5, 0.6) is 0 Å². The summed E-state index contributed by atoms with van der Waals surface area (Å²) in [6.07, 6.45) is 0. The first-order valence-corrected chi connectivity index (χ1v) is 7.08. The number of anilines is 1. The second-order valence-corrected chi connectivity index (χ2v) is 5.82. The molecule has 1 aromatic rings. The second kappa shape index (κ2) is 5.47. The lowest BCUT2D eigenvalue weighted by Gasteiger charge is -2.44. The summed E-state index contributed by atoms with van der Waals surface area (Å²) in [5.41, 5.74) is 10.5. The van der Waals surface area contributed by atoms with Crippen LogP contribution in [0.15, 0.2) is 6.07 Å². The molecule has 2 heterocycles. The summed E-state index contributed by atoms with van der Waals surface area (Å²) < 4.78 is 0. The molecule has 19 heavy (non-hydrogen) atoms. The van der Waals surface area contributed by atoms with E-state index >= 15 is 0 Å². The number of pyridine rings is 1. The quantitative estimate of drug-likeness (QED) is 0.881. The molecule has 0 radical (unpaired) electrons. The van der Waals surface area contributed by atoms with Crippen molar-refractivity contribution < 1.29 is 0 Å². The Labute approximate surface area is 116 Å². The molecule has 106 valence electrons. The zero-order valence-electron chi connectivity index (χ0n) is 12.8. The van der Waals surface area contributed by atoms with Gasteiger partial charge in [0.05, 0.1) is 0 Å². The summed E-state index contributed by atoms with van der Waals surface area (Å²) >= 11 is 0. The number of hydrogen-bond donors (Lipinski definition) is 1. The number of aryl methyl sites for hydroxylation is 2. The molecule has 2 rings (SSSR count). The molecule has 2 atom stereocenters. The van der Waals surface area contributed by atoms with Gasteiger partial charge in [-0.1, -0.05) is 0 Å². The summed E-state index contributed by atoms with van der Waals surface area (Å²) in [4.78, 5) is 9.45. The van der Waals surface area contributed by atoms with Crippen molar-refractivity contribution in [2.75, 3.05) is 25.0 Å². The van der Waals surface area contributed by atoms with Crippen molar-refractivity contribution in [3.05, 3.63) is 23.0 Å². The molecule has 1 aromatic heterocycles. The van der Waals surface area contributed by atoms with Gasteiger partial charge in [-0.3, -0.25) is 9.88 Å². The van der Waals surface area contributed by atoms with Crippen LogP contribution in [0.3, 0.4) is 0 Å². The van der Waals surface area contributed by atoms with Crippen molar-refractivity contribution >= 4 is 5.69 Å². The monoisotopic (exact) mass is 262 g/mol. The molecule has 0 saturated carbocycles. The minimum atomic E-state index is 0.558. The van der Waals surface area contributed by atoms with E-state index in [-0.39, 0.29) is 0 Å². The maximum absolute atomic E-state index is 5.93. The van der Waals surface area contributed by atoms with Gasteiger partial charge < -0.3 is 10.6 Å². The lowest BCUT2D eigenvalue weighted by Crippen LogP contribution is -2.55. The van der Waals surface area contributed by atoms with Gasteiger partial charge >= 0.3 is 0 Å². The largest absolute Gasteiger partial charge is 0.368 e. The first kappa shape index (κ1) is 14.3. The Hall–Kier alpha value is -1.13. The molecule has 0 spiro atoms. The fraction of sp³-hybridized carbons (Fsp3) is 0.667. The molecule has 0 aromatic carbocycles. The van der Waals surface area contributed by atoms with Crippen molar-refractivity contribution in [1.82, 2.24) is 9.88 Å². The van der Waals surface area contributed by atoms with Crippen LogP contribution in [0, 0.1) is 13.8 Å². The zero-order chi connectivity index (χ0) is 14.2. The van der Waals surface area contributed by atoms with Gasteiger partial charge in [-0.25, -0.2) is 0 Å². The van der Waals surface area contributed by atoms with Crippen LogP contribution >= 0.6 is 0 Å². The highest BCUT2D eigenvalue weighted by atomic mass is 15.3. The number of nitrogens with zero attached hydrogens (tertiary/aromatic N) is 3. The van der Waals surface area contributed by atoms with E-state index in [2.05, 4.69) is 55.6 Å². The molecule has 1 fully saturated rings. The third kappa shape index (κ3) is 2.74. The van der Waals surface area contributed by atoms with Crippen molar-refractivity contribution in [3.63, 3.8) is 0 Å². The number of nitrogens with two attached hydrogens (primary N) is 1. The maximum Gasteiger partial charge on any atom is 0.0449 e. The predicted octanol–water partition coefficient (Wildman–Crippen LogP) is 1.69. The summed E-state index contributed by atoms with van der Waals surface area (Å²) in [5.74, 6) is 0. The SMILES string of the molecule is Cc1cc(N2CC(C)N(C)C(C)C2)c(CN)c(C)n1. The van der Waals surface area contributed by atoms with E-state index in [0.717, 1.165) is 24.5 Å². The topological polar surface area (TPSA) is 45.4 Å².